The van der Waals surface area contributed by atoms with E-state index in [9.17, 15) is 4.79 Å². The maximum absolute atomic E-state index is 12.5. The van der Waals surface area contributed by atoms with Crippen LogP contribution >= 0.6 is 0 Å². The number of amides is 1. The van der Waals surface area contributed by atoms with E-state index < -0.39 is 0 Å². The highest BCUT2D eigenvalue weighted by molar-refractivity contribution is 5.97. The molecule has 0 aliphatic carbocycles. The number of H-pyrrole nitrogens is 1. The highest BCUT2D eigenvalue weighted by Gasteiger charge is 2.25. The van der Waals surface area contributed by atoms with Crippen molar-refractivity contribution in [2.75, 3.05) is 25.4 Å². The van der Waals surface area contributed by atoms with Crippen molar-refractivity contribution in [3.63, 3.8) is 0 Å². The topological polar surface area (TPSA) is 84.2 Å². The molecular weight excluding hydrogens is 256 g/mol. The Morgan fingerprint density at radius 1 is 1.55 bits per heavy atom. The molecule has 1 unspecified atom stereocenters. The van der Waals surface area contributed by atoms with Crippen molar-refractivity contribution in [2.45, 2.75) is 45.6 Å². The standard InChI is InChI=1S/C14H24N4O2/c1-3-6-11-12(15)13(17-16-11)14(19)18(4-2)9-10-7-5-8-20-10/h10H,3-9,15H2,1-2H3,(H,16,17). The second-order valence-electron chi connectivity index (χ2n) is 5.19. The summed E-state index contributed by atoms with van der Waals surface area (Å²) in [6.45, 7) is 6.07. The van der Waals surface area contributed by atoms with Crippen LogP contribution in [-0.2, 0) is 11.2 Å². The van der Waals surface area contributed by atoms with Crippen LogP contribution in [0.5, 0.6) is 0 Å². The summed E-state index contributed by atoms with van der Waals surface area (Å²) >= 11 is 0. The number of anilines is 1. The summed E-state index contributed by atoms with van der Waals surface area (Å²) in [6.07, 6.45) is 4.01. The van der Waals surface area contributed by atoms with E-state index in [2.05, 4.69) is 17.1 Å². The number of hydrogen-bond donors (Lipinski definition) is 2. The fraction of sp³-hybridized carbons (Fsp3) is 0.714. The molecule has 6 heteroatoms. The summed E-state index contributed by atoms with van der Waals surface area (Å²) in [5.41, 5.74) is 7.70. The summed E-state index contributed by atoms with van der Waals surface area (Å²) in [6, 6.07) is 0. The van der Waals surface area contributed by atoms with Crippen LogP contribution in [0.15, 0.2) is 0 Å². The van der Waals surface area contributed by atoms with Gasteiger partial charge in [0.2, 0.25) is 0 Å². The number of hydrogen-bond acceptors (Lipinski definition) is 4. The van der Waals surface area contributed by atoms with Crippen LogP contribution in [0, 0.1) is 0 Å². The van der Waals surface area contributed by atoms with E-state index in [1.807, 2.05) is 6.92 Å². The molecule has 0 radical (unpaired) electrons. The third-order valence-electron chi connectivity index (χ3n) is 3.70. The van der Waals surface area contributed by atoms with Crippen molar-refractivity contribution in [1.82, 2.24) is 15.1 Å². The number of nitrogens with two attached hydrogens (primary N) is 1. The molecule has 3 N–H and O–H groups in total. The zero-order chi connectivity index (χ0) is 14.5. The van der Waals surface area contributed by atoms with Crippen molar-refractivity contribution in [1.29, 1.82) is 0 Å². The number of carbonyl (C=O) groups excluding carboxylic acids is 1. The molecule has 1 fully saturated rings. The van der Waals surface area contributed by atoms with E-state index >= 15 is 0 Å². The van der Waals surface area contributed by atoms with E-state index in [1.165, 1.54) is 0 Å². The Hall–Kier alpha value is -1.56. The quantitative estimate of drug-likeness (QED) is 0.828. The SMILES string of the molecule is CCCc1[nH]nc(C(=O)N(CC)CC2CCCO2)c1N. The number of carbonyl (C=O) groups is 1. The van der Waals surface area contributed by atoms with Crippen LogP contribution in [0.3, 0.4) is 0 Å². The maximum Gasteiger partial charge on any atom is 0.276 e. The molecule has 6 nitrogen and oxygen atoms in total. The Morgan fingerprint density at radius 3 is 2.95 bits per heavy atom. The molecule has 1 atom stereocenters. The fourth-order valence-corrected chi connectivity index (χ4v) is 2.53. The minimum atomic E-state index is -0.112. The van der Waals surface area contributed by atoms with E-state index in [-0.39, 0.29) is 12.0 Å². The number of nitrogens with one attached hydrogen (secondary N) is 1. The van der Waals surface area contributed by atoms with Crippen LogP contribution in [0.4, 0.5) is 5.69 Å². The molecule has 1 aliphatic heterocycles. The van der Waals surface area contributed by atoms with Gasteiger partial charge >= 0.3 is 0 Å². The average molecular weight is 280 g/mol. The van der Waals surface area contributed by atoms with Gasteiger partial charge in [0.25, 0.3) is 5.91 Å². The third kappa shape index (κ3) is 3.12. The van der Waals surface area contributed by atoms with Crippen LogP contribution < -0.4 is 5.73 Å². The molecule has 112 valence electrons. The summed E-state index contributed by atoms with van der Waals surface area (Å²) in [7, 11) is 0. The lowest BCUT2D eigenvalue weighted by atomic mass is 10.2. The lowest BCUT2D eigenvalue weighted by Gasteiger charge is -2.23. The van der Waals surface area contributed by atoms with Gasteiger partial charge in [-0.05, 0) is 26.2 Å². The molecule has 20 heavy (non-hydrogen) atoms. The first kappa shape index (κ1) is 14.8. The van der Waals surface area contributed by atoms with E-state index in [0.717, 1.165) is 38.0 Å². The second-order valence-corrected chi connectivity index (χ2v) is 5.19. The Morgan fingerprint density at radius 2 is 2.35 bits per heavy atom. The molecule has 1 saturated heterocycles. The van der Waals surface area contributed by atoms with Crippen LogP contribution in [-0.4, -0.2) is 46.8 Å². The van der Waals surface area contributed by atoms with Crippen molar-refractivity contribution in [2.24, 2.45) is 0 Å². The van der Waals surface area contributed by atoms with Gasteiger partial charge in [-0.1, -0.05) is 13.3 Å². The largest absolute Gasteiger partial charge is 0.395 e. The minimum Gasteiger partial charge on any atom is -0.395 e. The van der Waals surface area contributed by atoms with Gasteiger partial charge in [0.1, 0.15) is 0 Å². The summed E-state index contributed by atoms with van der Waals surface area (Å²) in [5, 5.41) is 6.97. The predicted octanol–water partition coefficient (Wildman–Crippen LogP) is 1.59. The fourth-order valence-electron chi connectivity index (χ4n) is 2.53. The zero-order valence-electron chi connectivity index (χ0n) is 12.3. The molecule has 0 spiro atoms. The minimum absolute atomic E-state index is 0.112. The lowest BCUT2D eigenvalue weighted by Crippen LogP contribution is -2.37. The third-order valence-corrected chi connectivity index (χ3v) is 3.70. The smallest absolute Gasteiger partial charge is 0.276 e. The van der Waals surface area contributed by atoms with Gasteiger partial charge in [0.15, 0.2) is 5.69 Å². The first-order valence-electron chi connectivity index (χ1n) is 7.40. The first-order valence-corrected chi connectivity index (χ1v) is 7.40. The second kappa shape index (κ2) is 6.74. The maximum atomic E-state index is 12.5. The number of aryl methyl sites for hydroxylation is 1. The number of rotatable bonds is 6. The average Bonchev–Trinajstić information content (AvgIpc) is 3.07. The highest BCUT2D eigenvalue weighted by atomic mass is 16.5. The molecule has 2 rings (SSSR count). The van der Waals surface area contributed by atoms with Crippen LogP contribution in [0.1, 0.15) is 49.3 Å². The summed E-state index contributed by atoms with van der Waals surface area (Å²) in [4.78, 5) is 14.3. The molecule has 1 amide bonds. The number of nitrogens with zero attached hydrogens (tertiary/aromatic N) is 2. The Balaban J connectivity index is 2.07. The van der Waals surface area contributed by atoms with E-state index in [1.54, 1.807) is 4.90 Å². The molecule has 0 saturated carbocycles. The van der Waals surface area contributed by atoms with Gasteiger partial charge in [0.05, 0.1) is 17.5 Å². The van der Waals surface area contributed by atoms with Gasteiger partial charge in [-0.15, -0.1) is 0 Å². The van der Waals surface area contributed by atoms with E-state index in [0.29, 0.717) is 24.5 Å². The monoisotopic (exact) mass is 280 g/mol. The predicted molar refractivity (Wildman–Crippen MR) is 77.5 cm³/mol. The van der Waals surface area contributed by atoms with Gasteiger partial charge in [-0.25, -0.2) is 0 Å². The number of ether oxygens (including phenoxy) is 1. The Bertz CT molecular complexity index is 452. The zero-order valence-corrected chi connectivity index (χ0v) is 12.3. The molecule has 0 aromatic carbocycles. The van der Waals surface area contributed by atoms with Crippen molar-refractivity contribution in [3.05, 3.63) is 11.4 Å². The molecule has 1 aliphatic rings. The van der Waals surface area contributed by atoms with Crippen molar-refractivity contribution < 1.29 is 9.53 Å². The molecule has 1 aromatic heterocycles. The molecular formula is C14H24N4O2. The van der Waals surface area contributed by atoms with E-state index in [4.69, 9.17) is 10.5 Å². The lowest BCUT2D eigenvalue weighted by molar-refractivity contribution is 0.0535. The van der Waals surface area contributed by atoms with Crippen molar-refractivity contribution in [3.8, 4) is 0 Å². The van der Waals surface area contributed by atoms with Crippen LogP contribution in [0.25, 0.3) is 0 Å². The van der Waals surface area contributed by atoms with Gasteiger partial charge < -0.3 is 15.4 Å². The van der Waals surface area contributed by atoms with Gasteiger partial charge in [0, 0.05) is 19.7 Å². The Labute approximate surface area is 119 Å². The van der Waals surface area contributed by atoms with Crippen molar-refractivity contribution >= 4 is 11.6 Å². The number of likely N-dealkylation sites (N-methyl/N-ethyl adjacent to an activating group) is 1. The summed E-state index contributed by atoms with van der Waals surface area (Å²) in [5.74, 6) is -0.112. The van der Waals surface area contributed by atoms with Gasteiger partial charge in [-0.2, -0.15) is 5.10 Å². The number of nitrogen functional groups attached to an aromatic ring is 1. The Kier molecular flexibility index (Phi) is 5.00. The normalized spacial score (nSPS) is 18.4. The molecule has 0 bridgehead atoms. The summed E-state index contributed by atoms with van der Waals surface area (Å²) < 4.78 is 5.59. The van der Waals surface area contributed by atoms with Gasteiger partial charge in [-0.3, -0.25) is 9.89 Å². The van der Waals surface area contributed by atoms with Crippen LogP contribution in [0.2, 0.25) is 0 Å². The first-order chi connectivity index (χ1) is 9.67. The molecule has 1 aromatic rings. The number of aromatic nitrogens is 2. The highest BCUT2D eigenvalue weighted by Crippen LogP contribution is 2.19. The molecule has 2 heterocycles. The number of aromatic amines is 1.